The highest BCUT2D eigenvalue weighted by molar-refractivity contribution is 7.80. The van der Waals surface area contributed by atoms with E-state index in [2.05, 4.69) is 9.97 Å². The van der Waals surface area contributed by atoms with Crippen LogP contribution < -0.4 is 16.4 Å². The predicted octanol–water partition coefficient (Wildman–Crippen LogP) is -0.127. The zero-order valence-corrected chi connectivity index (χ0v) is 10.9. The maximum absolute atomic E-state index is 11.4. The van der Waals surface area contributed by atoms with Crippen molar-refractivity contribution in [3.05, 3.63) is 17.5 Å². The molecule has 0 bridgehead atoms. The highest BCUT2D eigenvalue weighted by atomic mass is 32.1. The Kier molecular flexibility index (Phi) is 3.42. The average Bonchev–Trinajstić information content (AvgIpc) is 2.76. The van der Waals surface area contributed by atoms with Gasteiger partial charge in [0.1, 0.15) is 16.7 Å². The van der Waals surface area contributed by atoms with E-state index in [9.17, 15) is 4.79 Å². The summed E-state index contributed by atoms with van der Waals surface area (Å²) in [4.78, 5) is 22.0. The zero-order chi connectivity index (χ0) is 13.3. The molecule has 2 heterocycles. The molecule has 18 heavy (non-hydrogen) atoms. The molecule has 1 amide bonds. The van der Waals surface area contributed by atoms with Crippen LogP contribution in [0.15, 0.2) is 6.07 Å². The number of carbonyl (C=O) groups is 1. The van der Waals surface area contributed by atoms with Gasteiger partial charge in [0.05, 0.1) is 0 Å². The number of hydrogen-bond donors (Lipinski definition) is 2. The lowest BCUT2D eigenvalue weighted by molar-refractivity contribution is -0.119. The predicted molar refractivity (Wildman–Crippen MR) is 72.2 cm³/mol. The monoisotopic (exact) mass is 265 g/mol. The van der Waals surface area contributed by atoms with Gasteiger partial charge in [-0.15, -0.1) is 0 Å². The van der Waals surface area contributed by atoms with Crippen molar-refractivity contribution in [2.24, 2.45) is 11.5 Å². The Labute approximate surface area is 110 Å². The molecule has 0 spiro atoms. The standard InChI is InChI=1S/C11H15N5OS/c1-6-5-7(10(13)18)15-11(14-6)16-4-2-3-8(16)9(12)17/h5,8H,2-4H2,1H3,(H2,12,17)(H2,13,18). The van der Waals surface area contributed by atoms with Crippen LogP contribution >= 0.6 is 12.2 Å². The quantitative estimate of drug-likeness (QED) is 0.739. The minimum atomic E-state index is -0.352. The van der Waals surface area contributed by atoms with Gasteiger partial charge in [-0.05, 0) is 25.8 Å². The maximum Gasteiger partial charge on any atom is 0.240 e. The van der Waals surface area contributed by atoms with Crippen molar-refractivity contribution in [3.63, 3.8) is 0 Å². The third-order valence-corrected chi connectivity index (χ3v) is 3.14. The third-order valence-electron chi connectivity index (χ3n) is 2.93. The Hall–Kier alpha value is -1.76. The van der Waals surface area contributed by atoms with Gasteiger partial charge in [-0.3, -0.25) is 4.79 Å². The van der Waals surface area contributed by atoms with Crippen molar-refractivity contribution >= 4 is 29.1 Å². The molecule has 0 radical (unpaired) electrons. The van der Waals surface area contributed by atoms with Crippen LogP contribution in [0.2, 0.25) is 0 Å². The summed E-state index contributed by atoms with van der Waals surface area (Å²) in [6.45, 7) is 2.55. The SMILES string of the molecule is Cc1cc(C(N)=S)nc(N2CCCC2C(N)=O)n1. The van der Waals surface area contributed by atoms with Crippen LogP contribution in [-0.4, -0.2) is 33.5 Å². The van der Waals surface area contributed by atoms with Gasteiger partial charge in [-0.25, -0.2) is 9.97 Å². The number of thiocarbonyl (C=S) groups is 1. The Morgan fingerprint density at radius 1 is 1.50 bits per heavy atom. The number of anilines is 1. The minimum Gasteiger partial charge on any atom is -0.388 e. The second kappa shape index (κ2) is 4.85. The molecule has 0 saturated carbocycles. The van der Waals surface area contributed by atoms with Crippen LogP contribution in [0.4, 0.5) is 5.95 Å². The number of carbonyl (C=O) groups excluding carboxylic acids is 1. The number of primary amides is 1. The molecule has 0 aliphatic carbocycles. The molecule has 0 aromatic carbocycles. The van der Waals surface area contributed by atoms with Crippen molar-refractivity contribution in [1.82, 2.24) is 9.97 Å². The molecular formula is C11H15N5OS. The molecule has 7 heteroatoms. The minimum absolute atomic E-state index is 0.219. The summed E-state index contributed by atoms with van der Waals surface area (Å²) in [5.74, 6) is 0.119. The van der Waals surface area contributed by atoms with Gasteiger partial charge < -0.3 is 16.4 Å². The second-order valence-corrected chi connectivity index (χ2v) is 4.75. The lowest BCUT2D eigenvalue weighted by Crippen LogP contribution is -2.41. The fraction of sp³-hybridized carbons (Fsp3) is 0.455. The largest absolute Gasteiger partial charge is 0.388 e. The van der Waals surface area contributed by atoms with E-state index < -0.39 is 0 Å². The molecular weight excluding hydrogens is 250 g/mol. The molecule has 1 saturated heterocycles. The number of rotatable bonds is 3. The van der Waals surface area contributed by atoms with E-state index in [0.29, 0.717) is 18.2 Å². The van der Waals surface area contributed by atoms with Crippen LogP contribution in [0, 0.1) is 6.92 Å². The highest BCUT2D eigenvalue weighted by Gasteiger charge is 2.31. The molecule has 1 aliphatic heterocycles. The third kappa shape index (κ3) is 2.40. The fourth-order valence-corrected chi connectivity index (χ4v) is 2.21. The molecule has 4 N–H and O–H groups in total. The van der Waals surface area contributed by atoms with Crippen molar-refractivity contribution in [2.45, 2.75) is 25.8 Å². The van der Waals surface area contributed by atoms with Crippen LogP contribution in [0.3, 0.4) is 0 Å². The molecule has 1 aromatic rings. The molecule has 1 unspecified atom stereocenters. The van der Waals surface area contributed by atoms with E-state index in [1.807, 2.05) is 11.8 Å². The summed E-state index contributed by atoms with van der Waals surface area (Å²) in [6.07, 6.45) is 1.63. The number of amides is 1. The van der Waals surface area contributed by atoms with Crippen LogP contribution in [0.5, 0.6) is 0 Å². The summed E-state index contributed by atoms with van der Waals surface area (Å²) in [6, 6.07) is 1.38. The number of hydrogen-bond acceptors (Lipinski definition) is 5. The fourth-order valence-electron chi connectivity index (χ4n) is 2.11. The van der Waals surface area contributed by atoms with E-state index >= 15 is 0 Å². The summed E-state index contributed by atoms with van der Waals surface area (Å²) in [5.41, 5.74) is 12.2. The Balaban J connectivity index is 2.38. The van der Waals surface area contributed by atoms with E-state index in [1.165, 1.54) is 0 Å². The molecule has 1 atom stereocenters. The lowest BCUT2D eigenvalue weighted by Gasteiger charge is -2.22. The maximum atomic E-state index is 11.4. The molecule has 1 fully saturated rings. The van der Waals surface area contributed by atoms with Gasteiger partial charge in [0.15, 0.2) is 0 Å². The summed E-state index contributed by atoms with van der Waals surface area (Å²) < 4.78 is 0. The topological polar surface area (TPSA) is 98.1 Å². The molecule has 2 rings (SSSR count). The van der Waals surface area contributed by atoms with Crippen molar-refractivity contribution in [3.8, 4) is 0 Å². The number of nitrogens with two attached hydrogens (primary N) is 2. The van der Waals surface area contributed by atoms with Crippen LogP contribution in [0.25, 0.3) is 0 Å². The summed E-state index contributed by atoms with van der Waals surface area (Å²) in [7, 11) is 0. The van der Waals surface area contributed by atoms with Gasteiger partial charge in [0.2, 0.25) is 11.9 Å². The van der Waals surface area contributed by atoms with Gasteiger partial charge >= 0.3 is 0 Å². The first-order chi connectivity index (χ1) is 8.49. The van der Waals surface area contributed by atoms with Gasteiger partial charge in [0.25, 0.3) is 0 Å². The average molecular weight is 265 g/mol. The van der Waals surface area contributed by atoms with Gasteiger partial charge in [-0.1, -0.05) is 12.2 Å². The number of aryl methyl sites for hydroxylation is 1. The smallest absolute Gasteiger partial charge is 0.240 e. The van der Waals surface area contributed by atoms with E-state index in [1.54, 1.807) is 6.07 Å². The number of aromatic nitrogens is 2. The zero-order valence-electron chi connectivity index (χ0n) is 10.1. The van der Waals surface area contributed by atoms with Gasteiger partial charge in [0, 0.05) is 12.2 Å². The molecule has 96 valence electrons. The van der Waals surface area contributed by atoms with Gasteiger partial charge in [-0.2, -0.15) is 0 Å². The first-order valence-corrected chi connectivity index (χ1v) is 6.11. The Morgan fingerprint density at radius 2 is 2.22 bits per heavy atom. The van der Waals surface area contributed by atoms with Crippen molar-refractivity contribution in [1.29, 1.82) is 0 Å². The van der Waals surface area contributed by atoms with E-state index in [0.717, 1.165) is 18.5 Å². The molecule has 1 aliphatic rings. The van der Waals surface area contributed by atoms with E-state index in [-0.39, 0.29) is 16.9 Å². The number of nitrogens with zero attached hydrogens (tertiary/aromatic N) is 3. The van der Waals surface area contributed by atoms with Crippen molar-refractivity contribution < 1.29 is 4.79 Å². The first kappa shape index (κ1) is 12.7. The lowest BCUT2D eigenvalue weighted by atomic mass is 10.2. The first-order valence-electron chi connectivity index (χ1n) is 5.70. The van der Waals surface area contributed by atoms with Crippen LogP contribution in [-0.2, 0) is 4.79 Å². The molecule has 1 aromatic heterocycles. The normalized spacial score (nSPS) is 18.9. The van der Waals surface area contributed by atoms with E-state index in [4.69, 9.17) is 23.7 Å². The highest BCUT2D eigenvalue weighted by Crippen LogP contribution is 2.22. The summed E-state index contributed by atoms with van der Waals surface area (Å²) in [5, 5.41) is 0. The van der Waals surface area contributed by atoms with Crippen molar-refractivity contribution in [2.75, 3.05) is 11.4 Å². The second-order valence-electron chi connectivity index (χ2n) is 4.31. The Bertz CT molecular complexity index is 504. The van der Waals surface area contributed by atoms with Crippen LogP contribution in [0.1, 0.15) is 24.2 Å². The Morgan fingerprint density at radius 3 is 2.83 bits per heavy atom. The molecule has 6 nitrogen and oxygen atoms in total. The summed E-state index contributed by atoms with van der Waals surface area (Å²) >= 11 is 4.91.